The van der Waals surface area contributed by atoms with Crippen LogP contribution < -0.4 is 10.5 Å². The van der Waals surface area contributed by atoms with Gasteiger partial charge in [0, 0.05) is 18.8 Å². The van der Waals surface area contributed by atoms with Crippen molar-refractivity contribution in [1.29, 1.82) is 0 Å². The normalized spacial score (nSPS) is 12.5. The Balaban J connectivity index is 2.58. The van der Waals surface area contributed by atoms with Gasteiger partial charge in [-0.15, -0.1) is 0 Å². The minimum Gasteiger partial charge on any atom is -0.475 e. The molecular formula is C10H16N2O. The Morgan fingerprint density at radius 2 is 2.31 bits per heavy atom. The summed E-state index contributed by atoms with van der Waals surface area (Å²) in [4.78, 5) is 4.14. The second kappa shape index (κ2) is 4.82. The molecule has 0 aromatic carbocycles. The van der Waals surface area contributed by atoms with E-state index in [0.29, 0.717) is 12.4 Å². The van der Waals surface area contributed by atoms with E-state index in [4.69, 9.17) is 10.5 Å². The molecule has 0 aliphatic carbocycles. The molecule has 0 amide bonds. The monoisotopic (exact) mass is 180 g/mol. The number of rotatable bonds is 4. The third-order valence-electron chi connectivity index (χ3n) is 1.93. The van der Waals surface area contributed by atoms with Crippen LogP contribution in [0.2, 0.25) is 0 Å². The van der Waals surface area contributed by atoms with Gasteiger partial charge < -0.3 is 10.5 Å². The molecule has 1 unspecified atom stereocenters. The Morgan fingerprint density at radius 1 is 1.54 bits per heavy atom. The third-order valence-corrected chi connectivity index (χ3v) is 1.93. The SMILES string of the molecule is CCC(C)Oc1ccc(CN)cn1. The fourth-order valence-electron chi connectivity index (χ4n) is 0.891. The minimum absolute atomic E-state index is 0.219. The highest BCUT2D eigenvalue weighted by atomic mass is 16.5. The first-order valence-electron chi connectivity index (χ1n) is 4.58. The maximum absolute atomic E-state index is 5.51. The second-order valence-electron chi connectivity index (χ2n) is 3.05. The Kier molecular flexibility index (Phi) is 3.71. The van der Waals surface area contributed by atoms with E-state index in [-0.39, 0.29) is 6.10 Å². The second-order valence-corrected chi connectivity index (χ2v) is 3.05. The molecule has 0 aliphatic rings. The van der Waals surface area contributed by atoms with E-state index >= 15 is 0 Å². The summed E-state index contributed by atoms with van der Waals surface area (Å²) in [6, 6.07) is 3.79. The van der Waals surface area contributed by atoms with E-state index in [0.717, 1.165) is 12.0 Å². The van der Waals surface area contributed by atoms with Gasteiger partial charge >= 0.3 is 0 Å². The molecular weight excluding hydrogens is 164 g/mol. The number of nitrogens with two attached hydrogens (primary N) is 1. The molecule has 13 heavy (non-hydrogen) atoms. The molecule has 1 rings (SSSR count). The van der Waals surface area contributed by atoms with Crippen LogP contribution >= 0.6 is 0 Å². The molecule has 72 valence electrons. The molecule has 3 nitrogen and oxygen atoms in total. The van der Waals surface area contributed by atoms with Gasteiger partial charge in [-0.3, -0.25) is 0 Å². The van der Waals surface area contributed by atoms with Crippen molar-refractivity contribution in [2.75, 3.05) is 0 Å². The van der Waals surface area contributed by atoms with E-state index in [1.54, 1.807) is 6.20 Å². The average molecular weight is 180 g/mol. The van der Waals surface area contributed by atoms with Crippen molar-refractivity contribution in [3.63, 3.8) is 0 Å². The largest absolute Gasteiger partial charge is 0.475 e. The number of aromatic nitrogens is 1. The zero-order valence-electron chi connectivity index (χ0n) is 8.16. The minimum atomic E-state index is 0.219. The van der Waals surface area contributed by atoms with Gasteiger partial charge in [-0.2, -0.15) is 0 Å². The predicted octanol–water partition coefficient (Wildman–Crippen LogP) is 1.72. The lowest BCUT2D eigenvalue weighted by Gasteiger charge is -2.11. The van der Waals surface area contributed by atoms with Crippen LogP contribution in [0.4, 0.5) is 0 Å². The van der Waals surface area contributed by atoms with Gasteiger partial charge in [0.15, 0.2) is 0 Å². The summed E-state index contributed by atoms with van der Waals surface area (Å²) in [7, 11) is 0. The van der Waals surface area contributed by atoms with Crippen molar-refractivity contribution in [2.24, 2.45) is 5.73 Å². The zero-order valence-corrected chi connectivity index (χ0v) is 8.16. The van der Waals surface area contributed by atoms with Crippen molar-refractivity contribution in [3.8, 4) is 5.88 Å². The average Bonchev–Trinajstić information content (AvgIpc) is 2.19. The van der Waals surface area contributed by atoms with Gasteiger partial charge in [0.05, 0.1) is 6.10 Å². The summed E-state index contributed by atoms with van der Waals surface area (Å²) in [6.45, 7) is 4.63. The molecule has 0 fully saturated rings. The summed E-state index contributed by atoms with van der Waals surface area (Å²) in [5.74, 6) is 0.673. The number of hydrogen-bond acceptors (Lipinski definition) is 3. The molecule has 3 heteroatoms. The van der Waals surface area contributed by atoms with Crippen LogP contribution in [0.15, 0.2) is 18.3 Å². The number of ether oxygens (including phenoxy) is 1. The van der Waals surface area contributed by atoms with Crippen LogP contribution in [-0.2, 0) is 6.54 Å². The summed E-state index contributed by atoms with van der Waals surface area (Å²) < 4.78 is 5.51. The van der Waals surface area contributed by atoms with Crippen LogP contribution in [0.25, 0.3) is 0 Å². The molecule has 0 bridgehead atoms. The molecule has 0 saturated heterocycles. The van der Waals surface area contributed by atoms with E-state index in [1.807, 2.05) is 19.1 Å². The van der Waals surface area contributed by atoms with Gasteiger partial charge in [0.1, 0.15) is 0 Å². The van der Waals surface area contributed by atoms with Crippen molar-refractivity contribution in [1.82, 2.24) is 4.98 Å². The van der Waals surface area contributed by atoms with Gasteiger partial charge in [-0.1, -0.05) is 13.0 Å². The Bertz CT molecular complexity index is 246. The van der Waals surface area contributed by atoms with E-state index in [1.165, 1.54) is 0 Å². The van der Waals surface area contributed by atoms with Gasteiger partial charge in [0.25, 0.3) is 0 Å². The summed E-state index contributed by atoms with van der Waals surface area (Å²) >= 11 is 0. The predicted molar refractivity (Wildman–Crippen MR) is 52.5 cm³/mol. The molecule has 1 atom stereocenters. The van der Waals surface area contributed by atoms with Gasteiger partial charge in [0.2, 0.25) is 5.88 Å². The van der Waals surface area contributed by atoms with Gasteiger partial charge in [-0.05, 0) is 18.9 Å². The molecule has 2 N–H and O–H groups in total. The fourth-order valence-corrected chi connectivity index (χ4v) is 0.891. The summed E-state index contributed by atoms with van der Waals surface area (Å²) in [6.07, 6.45) is 2.95. The highest BCUT2D eigenvalue weighted by Crippen LogP contribution is 2.10. The van der Waals surface area contributed by atoms with Crippen molar-refractivity contribution in [2.45, 2.75) is 32.9 Å². The zero-order chi connectivity index (χ0) is 9.68. The lowest BCUT2D eigenvalue weighted by molar-refractivity contribution is 0.208. The first-order valence-corrected chi connectivity index (χ1v) is 4.58. The maximum Gasteiger partial charge on any atom is 0.213 e. The van der Waals surface area contributed by atoms with Crippen LogP contribution in [0.3, 0.4) is 0 Å². The van der Waals surface area contributed by atoms with E-state index < -0.39 is 0 Å². The molecule has 0 aliphatic heterocycles. The molecule has 0 saturated carbocycles. The van der Waals surface area contributed by atoms with Crippen LogP contribution in [-0.4, -0.2) is 11.1 Å². The summed E-state index contributed by atoms with van der Waals surface area (Å²) in [5, 5.41) is 0. The first kappa shape index (κ1) is 9.99. The fraction of sp³-hybridized carbons (Fsp3) is 0.500. The van der Waals surface area contributed by atoms with Crippen LogP contribution in [0.1, 0.15) is 25.8 Å². The maximum atomic E-state index is 5.51. The topological polar surface area (TPSA) is 48.1 Å². The third kappa shape index (κ3) is 3.03. The van der Waals surface area contributed by atoms with Crippen LogP contribution in [0, 0.1) is 0 Å². The number of nitrogens with zero attached hydrogens (tertiary/aromatic N) is 1. The smallest absolute Gasteiger partial charge is 0.213 e. The summed E-state index contributed by atoms with van der Waals surface area (Å²) in [5.41, 5.74) is 6.47. The molecule has 1 aromatic rings. The lowest BCUT2D eigenvalue weighted by Crippen LogP contribution is -2.10. The standard InChI is InChI=1S/C10H16N2O/c1-3-8(2)13-10-5-4-9(6-11)7-12-10/h4-5,7-8H,3,6,11H2,1-2H3. The van der Waals surface area contributed by atoms with Gasteiger partial charge in [-0.25, -0.2) is 4.98 Å². The molecule has 1 aromatic heterocycles. The highest BCUT2D eigenvalue weighted by Gasteiger charge is 2.01. The molecule has 1 heterocycles. The Morgan fingerprint density at radius 3 is 2.77 bits per heavy atom. The number of pyridine rings is 1. The van der Waals surface area contributed by atoms with Crippen LogP contribution in [0.5, 0.6) is 5.88 Å². The van der Waals surface area contributed by atoms with Crippen molar-refractivity contribution < 1.29 is 4.74 Å². The molecule has 0 radical (unpaired) electrons. The van der Waals surface area contributed by atoms with Crippen molar-refractivity contribution in [3.05, 3.63) is 23.9 Å². The first-order chi connectivity index (χ1) is 6.26. The highest BCUT2D eigenvalue weighted by molar-refractivity contribution is 5.17. The van der Waals surface area contributed by atoms with E-state index in [9.17, 15) is 0 Å². The number of hydrogen-bond donors (Lipinski definition) is 1. The Labute approximate surface area is 78.9 Å². The van der Waals surface area contributed by atoms with E-state index in [2.05, 4.69) is 11.9 Å². The molecule has 0 spiro atoms. The van der Waals surface area contributed by atoms with Crippen molar-refractivity contribution >= 4 is 0 Å². The lowest BCUT2D eigenvalue weighted by atomic mass is 10.3. The Hall–Kier alpha value is -1.09. The quantitative estimate of drug-likeness (QED) is 0.767.